The summed E-state index contributed by atoms with van der Waals surface area (Å²) in [4.78, 5) is 35.2. The Labute approximate surface area is 121 Å². The molecule has 2 amide bonds. The van der Waals surface area contributed by atoms with Gasteiger partial charge >= 0.3 is 5.97 Å². The lowest BCUT2D eigenvalue weighted by molar-refractivity contribution is -0.137. The summed E-state index contributed by atoms with van der Waals surface area (Å²) in [5, 5.41) is 11.1. The fraction of sp³-hybridized carbons (Fsp3) is 0.357. The third-order valence-electron chi connectivity index (χ3n) is 2.63. The second-order valence-corrected chi connectivity index (χ2v) is 4.50. The lowest BCUT2D eigenvalue weighted by Gasteiger charge is -2.20. The molecular formula is C14H17FN2O4. The predicted molar refractivity (Wildman–Crippen MR) is 74.5 cm³/mol. The summed E-state index contributed by atoms with van der Waals surface area (Å²) < 4.78 is 13.5. The largest absolute Gasteiger partial charge is 0.480 e. The Kier molecular flexibility index (Phi) is 5.83. The first kappa shape index (κ1) is 16.6. The third kappa shape index (κ3) is 4.87. The first-order chi connectivity index (χ1) is 9.85. The molecule has 21 heavy (non-hydrogen) atoms. The molecule has 0 aliphatic rings. The van der Waals surface area contributed by atoms with Crippen LogP contribution >= 0.6 is 0 Å². The number of carboxylic acids is 1. The maximum Gasteiger partial charge on any atom is 0.323 e. The summed E-state index contributed by atoms with van der Waals surface area (Å²) in [7, 11) is 0. The van der Waals surface area contributed by atoms with Gasteiger partial charge in [-0.1, -0.05) is 6.92 Å². The van der Waals surface area contributed by atoms with E-state index >= 15 is 0 Å². The van der Waals surface area contributed by atoms with Gasteiger partial charge in [0, 0.05) is 19.0 Å². The molecule has 0 fully saturated rings. The molecule has 1 aromatic carbocycles. The molecule has 0 aliphatic heterocycles. The van der Waals surface area contributed by atoms with Crippen LogP contribution in [0.5, 0.6) is 0 Å². The Morgan fingerprint density at radius 1 is 1.33 bits per heavy atom. The number of nitrogens with one attached hydrogen (secondary N) is 1. The Balaban J connectivity index is 3.04. The first-order valence-electron chi connectivity index (χ1n) is 6.43. The molecule has 0 unspecified atom stereocenters. The van der Waals surface area contributed by atoms with E-state index in [1.807, 2.05) is 6.92 Å². The minimum atomic E-state index is -1.12. The van der Waals surface area contributed by atoms with E-state index in [0.29, 0.717) is 6.42 Å². The second kappa shape index (κ2) is 7.37. The average Bonchev–Trinajstić information content (AvgIpc) is 2.39. The summed E-state index contributed by atoms with van der Waals surface area (Å²) >= 11 is 0. The van der Waals surface area contributed by atoms with Gasteiger partial charge in [0.15, 0.2) is 0 Å². The molecule has 7 heteroatoms. The van der Waals surface area contributed by atoms with Crippen molar-refractivity contribution in [3.05, 3.63) is 29.6 Å². The van der Waals surface area contributed by atoms with Gasteiger partial charge in [0.05, 0.1) is 5.69 Å². The molecule has 0 bridgehead atoms. The van der Waals surface area contributed by atoms with Crippen LogP contribution in [0.4, 0.5) is 10.1 Å². The van der Waals surface area contributed by atoms with Gasteiger partial charge in [-0.25, -0.2) is 4.39 Å². The van der Waals surface area contributed by atoms with Crippen molar-refractivity contribution in [2.45, 2.75) is 20.3 Å². The second-order valence-electron chi connectivity index (χ2n) is 4.50. The molecular weight excluding hydrogens is 279 g/mol. The summed E-state index contributed by atoms with van der Waals surface area (Å²) in [5.41, 5.74) is 0.00923. The number of rotatable bonds is 6. The monoisotopic (exact) mass is 296 g/mol. The molecule has 2 N–H and O–H groups in total. The highest BCUT2D eigenvalue weighted by Crippen LogP contribution is 2.17. The highest BCUT2D eigenvalue weighted by atomic mass is 19.1. The van der Waals surface area contributed by atoms with E-state index in [1.54, 1.807) is 0 Å². The molecule has 0 radical (unpaired) electrons. The quantitative estimate of drug-likeness (QED) is 0.837. The zero-order valence-corrected chi connectivity index (χ0v) is 11.9. The number of carbonyl (C=O) groups excluding carboxylic acids is 2. The van der Waals surface area contributed by atoms with Crippen LogP contribution in [-0.2, 0) is 9.59 Å². The number of amides is 2. The highest BCUT2D eigenvalue weighted by Gasteiger charge is 2.19. The number of carboxylic acid groups (broad SMARTS) is 1. The summed E-state index contributed by atoms with van der Waals surface area (Å²) in [5.74, 6) is -2.77. The van der Waals surface area contributed by atoms with Crippen molar-refractivity contribution < 1.29 is 23.9 Å². The molecule has 1 aromatic rings. The maximum absolute atomic E-state index is 13.5. The van der Waals surface area contributed by atoms with Crippen molar-refractivity contribution in [3.8, 4) is 0 Å². The SMILES string of the molecule is CCCN(CC(=O)O)C(=O)c1ccc(F)c(NC(C)=O)c1. The van der Waals surface area contributed by atoms with E-state index in [0.717, 1.165) is 11.0 Å². The minimum Gasteiger partial charge on any atom is -0.480 e. The van der Waals surface area contributed by atoms with E-state index in [9.17, 15) is 18.8 Å². The van der Waals surface area contributed by atoms with Crippen molar-refractivity contribution in [1.29, 1.82) is 0 Å². The normalized spacial score (nSPS) is 10.0. The van der Waals surface area contributed by atoms with Crippen LogP contribution in [0.3, 0.4) is 0 Å². The lowest BCUT2D eigenvalue weighted by Crippen LogP contribution is -2.36. The zero-order valence-electron chi connectivity index (χ0n) is 11.9. The Bertz CT molecular complexity index is 560. The fourth-order valence-electron chi connectivity index (χ4n) is 1.81. The number of anilines is 1. The van der Waals surface area contributed by atoms with Gasteiger partial charge in [-0.2, -0.15) is 0 Å². The van der Waals surface area contributed by atoms with Crippen LogP contribution in [-0.4, -0.2) is 40.9 Å². The van der Waals surface area contributed by atoms with E-state index in [-0.39, 0.29) is 17.8 Å². The van der Waals surface area contributed by atoms with Crippen LogP contribution in [0, 0.1) is 5.82 Å². The topological polar surface area (TPSA) is 86.7 Å². The van der Waals surface area contributed by atoms with Crippen LogP contribution in [0.25, 0.3) is 0 Å². The standard InChI is InChI=1S/C14H17FN2O4/c1-3-6-17(8-13(19)20)14(21)10-4-5-11(15)12(7-10)16-9(2)18/h4-5,7H,3,6,8H2,1-2H3,(H,16,18)(H,19,20). The van der Waals surface area contributed by atoms with Crippen molar-refractivity contribution in [3.63, 3.8) is 0 Å². The van der Waals surface area contributed by atoms with Crippen LogP contribution < -0.4 is 5.32 Å². The van der Waals surface area contributed by atoms with Crippen molar-refractivity contribution in [1.82, 2.24) is 4.90 Å². The molecule has 1 rings (SSSR count). The van der Waals surface area contributed by atoms with Crippen LogP contribution in [0.1, 0.15) is 30.6 Å². The first-order valence-corrected chi connectivity index (χ1v) is 6.43. The van der Waals surface area contributed by atoms with Gasteiger partial charge in [-0.05, 0) is 24.6 Å². The van der Waals surface area contributed by atoms with Gasteiger partial charge < -0.3 is 15.3 Å². The predicted octanol–water partition coefficient (Wildman–Crippen LogP) is 1.72. The maximum atomic E-state index is 13.5. The van der Waals surface area contributed by atoms with Gasteiger partial charge in [0.25, 0.3) is 5.91 Å². The minimum absolute atomic E-state index is 0.111. The number of carbonyl (C=O) groups is 3. The Morgan fingerprint density at radius 2 is 2.00 bits per heavy atom. The molecule has 0 heterocycles. The number of hydrogen-bond donors (Lipinski definition) is 2. The van der Waals surface area contributed by atoms with E-state index in [4.69, 9.17) is 5.11 Å². The van der Waals surface area contributed by atoms with E-state index in [2.05, 4.69) is 5.32 Å². The van der Waals surface area contributed by atoms with Gasteiger partial charge in [0.1, 0.15) is 12.4 Å². The molecule has 6 nitrogen and oxygen atoms in total. The van der Waals surface area contributed by atoms with Gasteiger partial charge in [0.2, 0.25) is 5.91 Å². The van der Waals surface area contributed by atoms with Crippen LogP contribution in [0.2, 0.25) is 0 Å². The Morgan fingerprint density at radius 3 is 2.52 bits per heavy atom. The highest BCUT2D eigenvalue weighted by molar-refractivity contribution is 5.98. The number of aliphatic carboxylic acids is 1. The van der Waals surface area contributed by atoms with Crippen molar-refractivity contribution in [2.75, 3.05) is 18.4 Å². The lowest BCUT2D eigenvalue weighted by atomic mass is 10.1. The van der Waals surface area contributed by atoms with Crippen molar-refractivity contribution >= 4 is 23.5 Å². The smallest absolute Gasteiger partial charge is 0.323 e. The molecule has 0 aromatic heterocycles. The molecule has 0 aliphatic carbocycles. The van der Waals surface area contributed by atoms with Crippen LogP contribution in [0.15, 0.2) is 18.2 Å². The average molecular weight is 296 g/mol. The molecule has 0 saturated carbocycles. The van der Waals surface area contributed by atoms with E-state index < -0.39 is 30.1 Å². The molecule has 114 valence electrons. The summed E-state index contributed by atoms with van der Waals surface area (Å²) in [6.45, 7) is 2.88. The summed E-state index contributed by atoms with van der Waals surface area (Å²) in [6.07, 6.45) is 0.596. The third-order valence-corrected chi connectivity index (χ3v) is 2.63. The summed E-state index contributed by atoms with van der Waals surface area (Å²) in [6, 6.07) is 3.51. The molecule has 0 spiro atoms. The Hall–Kier alpha value is -2.44. The van der Waals surface area contributed by atoms with Crippen molar-refractivity contribution in [2.24, 2.45) is 0 Å². The number of halogens is 1. The molecule has 0 atom stereocenters. The molecule has 0 saturated heterocycles. The number of benzene rings is 1. The number of hydrogen-bond acceptors (Lipinski definition) is 3. The van der Waals surface area contributed by atoms with Gasteiger partial charge in [-0.15, -0.1) is 0 Å². The van der Waals surface area contributed by atoms with E-state index in [1.165, 1.54) is 19.1 Å². The van der Waals surface area contributed by atoms with Gasteiger partial charge in [-0.3, -0.25) is 14.4 Å². The number of nitrogens with zero attached hydrogens (tertiary/aromatic N) is 1. The zero-order chi connectivity index (χ0) is 16.0. The fourth-order valence-corrected chi connectivity index (χ4v) is 1.81.